The number of fused-ring (bicyclic) bond motifs is 1. The highest BCUT2D eigenvalue weighted by Crippen LogP contribution is 2.42. The highest BCUT2D eigenvalue weighted by Gasteiger charge is 2.44. The molecule has 0 N–H and O–H groups in total. The number of rotatable bonds is 5. The van der Waals surface area contributed by atoms with Gasteiger partial charge in [-0.3, -0.25) is 15.0 Å². The number of hydrogen-bond acceptors (Lipinski definition) is 5. The SMILES string of the molecule is O=C1N(Cc2ccccc2)c2cc(Cl)cc(Cl)c2S(=O)(=O)N1Cc1ccccc1[N+](=O)[O-]. The first kappa shape index (κ1) is 22.1. The summed E-state index contributed by atoms with van der Waals surface area (Å²) >= 11 is 12.4. The molecule has 0 spiro atoms. The molecule has 32 heavy (non-hydrogen) atoms. The maximum absolute atomic E-state index is 13.4. The van der Waals surface area contributed by atoms with E-state index in [1.807, 2.05) is 6.07 Å². The molecule has 0 fully saturated rings. The number of nitro groups is 1. The van der Waals surface area contributed by atoms with E-state index in [-0.39, 0.29) is 38.4 Å². The molecule has 0 unspecified atom stereocenters. The van der Waals surface area contributed by atoms with Crippen LogP contribution in [-0.2, 0) is 23.1 Å². The minimum Gasteiger partial charge on any atom is -0.288 e. The van der Waals surface area contributed by atoms with Gasteiger partial charge in [0.2, 0.25) is 0 Å². The van der Waals surface area contributed by atoms with Gasteiger partial charge in [-0.05, 0) is 17.7 Å². The predicted molar refractivity (Wildman–Crippen MR) is 120 cm³/mol. The average molecular weight is 492 g/mol. The third-order valence-corrected chi connectivity index (χ3v) is 7.40. The fourth-order valence-corrected chi connectivity index (χ4v) is 5.85. The second kappa shape index (κ2) is 8.42. The number of carbonyl (C=O) groups is 1. The Morgan fingerprint density at radius 1 is 0.938 bits per heavy atom. The number of amides is 2. The van der Waals surface area contributed by atoms with Crippen molar-refractivity contribution in [2.24, 2.45) is 0 Å². The maximum Gasteiger partial charge on any atom is 0.339 e. The topological polar surface area (TPSA) is 101 Å². The quantitative estimate of drug-likeness (QED) is 0.359. The average Bonchev–Trinajstić information content (AvgIpc) is 2.74. The monoisotopic (exact) mass is 491 g/mol. The summed E-state index contributed by atoms with van der Waals surface area (Å²) in [7, 11) is -4.42. The molecular weight excluding hydrogens is 477 g/mol. The van der Waals surface area contributed by atoms with Crippen LogP contribution in [0.15, 0.2) is 71.6 Å². The second-order valence-corrected chi connectivity index (χ2v) is 9.63. The summed E-state index contributed by atoms with van der Waals surface area (Å²) in [6.07, 6.45) is 0. The fraction of sp³-hybridized carbons (Fsp3) is 0.0952. The molecule has 4 rings (SSSR count). The van der Waals surface area contributed by atoms with Gasteiger partial charge in [-0.1, -0.05) is 71.7 Å². The highest BCUT2D eigenvalue weighted by molar-refractivity contribution is 7.90. The van der Waals surface area contributed by atoms with Crippen molar-refractivity contribution in [3.8, 4) is 0 Å². The van der Waals surface area contributed by atoms with Crippen molar-refractivity contribution >= 4 is 50.6 Å². The van der Waals surface area contributed by atoms with Crippen LogP contribution in [0, 0.1) is 10.1 Å². The molecule has 1 heterocycles. The van der Waals surface area contributed by atoms with E-state index in [0.717, 1.165) is 5.56 Å². The molecule has 2 amide bonds. The third-order valence-electron chi connectivity index (χ3n) is 4.96. The van der Waals surface area contributed by atoms with E-state index in [0.29, 0.717) is 4.31 Å². The first-order valence-corrected chi connectivity index (χ1v) is 11.5. The summed E-state index contributed by atoms with van der Waals surface area (Å²) in [4.78, 5) is 25.2. The molecule has 0 aromatic heterocycles. The lowest BCUT2D eigenvalue weighted by atomic mass is 10.1. The lowest BCUT2D eigenvalue weighted by molar-refractivity contribution is -0.385. The van der Waals surface area contributed by atoms with Crippen molar-refractivity contribution in [1.29, 1.82) is 0 Å². The van der Waals surface area contributed by atoms with E-state index in [1.54, 1.807) is 24.3 Å². The summed E-state index contributed by atoms with van der Waals surface area (Å²) in [5.74, 6) is 0. The molecule has 3 aromatic rings. The summed E-state index contributed by atoms with van der Waals surface area (Å²) in [6, 6.07) is 16.4. The number of nitrogens with zero attached hydrogens (tertiary/aromatic N) is 3. The Morgan fingerprint density at radius 2 is 1.59 bits per heavy atom. The highest BCUT2D eigenvalue weighted by atomic mass is 35.5. The van der Waals surface area contributed by atoms with Crippen molar-refractivity contribution < 1.29 is 18.1 Å². The van der Waals surface area contributed by atoms with E-state index in [2.05, 4.69) is 0 Å². The second-order valence-electron chi connectivity index (χ2n) is 6.99. The van der Waals surface area contributed by atoms with E-state index in [4.69, 9.17) is 23.2 Å². The Kier molecular flexibility index (Phi) is 5.81. The van der Waals surface area contributed by atoms with Crippen molar-refractivity contribution in [2.45, 2.75) is 18.0 Å². The van der Waals surface area contributed by atoms with Gasteiger partial charge in [-0.2, -0.15) is 0 Å². The first-order chi connectivity index (χ1) is 15.2. The minimum atomic E-state index is -4.42. The number of para-hydroxylation sites is 1. The third kappa shape index (κ3) is 3.90. The van der Waals surface area contributed by atoms with Crippen molar-refractivity contribution in [1.82, 2.24) is 4.31 Å². The lowest BCUT2D eigenvalue weighted by Crippen LogP contribution is -2.50. The van der Waals surface area contributed by atoms with Crippen molar-refractivity contribution in [3.05, 3.63) is 98.0 Å². The van der Waals surface area contributed by atoms with Gasteiger partial charge in [-0.25, -0.2) is 17.5 Å². The van der Waals surface area contributed by atoms with Gasteiger partial charge in [0.15, 0.2) is 0 Å². The van der Waals surface area contributed by atoms with E-state index in [1.165, 1.54) is 41.3 Å². The molecule has 1 aliphatic heterocycles. The van der Waals surface area contributed by atoms with Crippen LogP contribution in [0.1, 0.15) is 11.1 Å². The van der Waals surface area contributed by atoms with Crippen LogP contribution in [0.2, 0.25) is 10.0 Å². The number of halogens is 2. The Balaban J connectivity index is 1.87. The number of hydrogen-bond donors (Lipinski definition) is 0. The molecule has 8 nitrogen and oxygen atoms in total. The van der Waals surface area contributed by atoms with Gasteiger partial charge in [0, 0.05) is 11.1 Å². The van der Waals surface area contributed by atoms with Crippen LogP contribution in [0.3, 0.4) is 0 Å². The molecule has 0 saturated heterocycles. The Bertz CT molecular complexity index is 1330. The van der Waals surface area contributed by atoms with E-state index < -0.39 is 27.5 Å². The van der Waals surface area contributed by atoms with Crippen LogP contribution >= 0.6 is 23.2 Å². The number of anilines is 1. The molecule has 1 aliphatic rings. The van der Waals surface area contributed by atoms with Gasteiger partial charge in [0.1, 0.15) is 4.90 Å². The first-order valence-electron chi connectivity index (χ1n) is 9.29. The Hall–Kier alpha value is -3.14. The molecule has 0 aliphatic carbocycles. The molecule has 11 heteroatoms. The molecule has 0 bridgehead atoms. The van der Waals surface area contributed by atoms with Gasteiger partial charge in [-0.15, -0.1) is 0 Å². The largest absolute Gasteiger partial charge is 0.339 e. The molecule has 164 valence electrons. The summed E-state index contributed by atoms with van der Waals surface area (Å²) in [6.45, 7) is -0.478. The van der Waals surface area contributed by atoms with Crippen LogP contribution in [-0.4, -0.2) is 23.7 Å². The summed E-state index contributed by atoms with van der Waals surface area (Å²) in [5, 5.41) is 11.4. The maximum atomic E-state index is 13.4. The van der Waals surface area contributed by atoms with Crippen LogP contribution < -0.4 is 4.90 Å². The molecule has 0 radical (unpaired) electrons. The normalized spacial score (nSPS) is 14.9. The molecule has 0 saturated carbocycles. The van der Waals surface area contributed by atoms with Gasteiger partial charge >= 0.3 is 6.03 Å². The standard InChI is InChI=1S/C21H15Cl2N3O5S/c22-16-10-17(23)20-19(11-16)24(12-14-6-2-1-3-7-14)21(27)25(32(20,30)31)13-15-8-4-5-9-18(15)26(28)29/h1-11H,12-13H2. The van der Waals surface area contributed by atoms with Gasteiger partial charge < -0.3 is 0 Å². The van der Waals surface area contributed by atoms with E-state index in [9.17, 15) is 23.3 Å². The Morgan fingerprint density at radius 3 is 2.28 bits per heavy atom. The zero-order valence-electron chi connectivity index (χ0n) is 16.3. The summed E-state index contributed by atoms with van der Waals surface area (Å²) < 4.78 is 27.4. The van der Waals surface area contributed by atoms with Crippen molar-refractivity contribution in [2.75, 3.05) is 4.90 Å². The number of nitro benzene ring substituents is 1. The summed E-state index contributed by atoms with van der Waals surface area (Å²) in [5.41, 5.74) is 0.573. The zero-order chi connectivity index (χ0) is 23.0. The van der Waals surface area contributed by atoms with E-state index >= 15 is 0 Å². The minimum absolute atomic E-state index is 0.0479. The van der Waals surface area contributed by atoms with Crippen molar-refractivity contribution in [3.63, 3.8) is 0 Å². The number of benzene rings is 3. The van der Waals surface area contributed by atoms with Crippen LogP contribution in [0.25, 0.3) is 0 Å². The predicted octanol–water partition coefficient (Wildman–Crippen LogP) is 5.23. The fourth-order valence-electron chi connectivity index (χ4n) is 3.50. The number of sulfonamides is 1. The molecule has 3 aromatic carbocycles. The zero-order valence-corrected chi connectivity index (χ0v) is 18.6. The number of carbonyl (C=O) groups excluding carboxylic acids is 1. The van der Waals surface area contributed by atoms with Crippen LogP contribution in [0.4, 0.5) is 16.2 Å². The molecule has 0 atom stereocenters. The van der Waals surface area contributed by atoms with Gasteiger partial charge in [0.05, 0.1) is 34.3 Å². The smallest absolute Gasteiger partial charge is 0.288 e. The van der Waals surface area contributed by atoms with Gasteiger partial charge in [0.25, 0.3) is 15.7 Å². The van der Waals surface area contributed by atoms with Crippen LogP contribution in [0.5, 0.6) is 0 Å². The number of urea groups is 1. The Labute approximate surface area is 193 Å². The lowest BCUT2D eigenvalue weighted by Gasteiger charge is -2.36. The molecular formula is C21H15Cl2N3O5S.